The number of nitrogens with two attached hydrogens (primary N) is 1. The molecule has 0 aliphatic carbocycles. The second-order valence-corrected chi connectivity index (χ2v) is 4.17. The fourth-order valence-electron chi connectivity index (χ4n) is 1.16. The maximum absolute atomic E-state index is 11.6. The van der Waals surface area contributed by atoms with E-state index >= 15 is 0 Å². The zero-order valence-corrected chi connectivity index (χ0v) is 10.5. The maximum atomic E-state index is 11.6. The summed E-state index contributed by atoms with van der Waals surface area (Å²) in [5.41, 5.74) is 5.67. The number of anilines is 1. The number of nitrogens with one attached hydrogen (secondary N) is 1. The second kappa shape index (κ2) is 6.15. The Hall–Kier alpha value is -1.69. The quantitative estimate of drug-likeness (QED) is 0.760. The van der Waals surface area contributed by atoms with Gasteiger partial charge < -0.3 is 16.0 Å². The predicted octanol–water partition coefficient (Wildman–Crippen LogP) is 0.129. The monoisotopic (exact) mass is 237 g/mol. The molecule has 1 rings (SSSR count). The number of amides is 1. The number of nitrogen functional groups attached to an aromatic ring is 1. The molecular formula is C11H19N5O. The van der Waals surface area contributed by atoms with Gasteiger partial charge in [0.1, 0.15) is 5.82 Å². The minimum Gasteiger partial charge on any atom is -0.382 e. The molecule has 0 bridgehead atoms. The molecule has 0 aromatic carbocycles. The fraction of sp³-hybridized carbons (Fsp3) is 0.545. The highest BCUT2D eigenvalue weighted by Gasteiger charge is 2.08. The number of carbonyl (C=O) groups is 1. The number of nitrogens with zero attached hydrogens (tertiary/aromatic N) is 3. The van der Waals surface area contributed by atoms with E-state index in [1.54, 1.807) is 12.1 Å². The first-order valence-corrected chi connectivity index (χ1v) is 5.58. The molecule has 17 heavy (non-hydrogen) atoms. The Bertz CT molecular complexity index is 363. The van der Waals surface area contributed by atoms with Gasteiger partial charge in [0.15, 0.2) is 5.69 Å². The summed E-state index contributed by atoms with van der Waals surface area (Å²) in [6, 6.07) is 3.58. The van der Waals surface area contributed by atoms with Gasteiger partial charge in [0.05, 0.1) is 0 Å². The number of carbonyl (C=O) groups excluding carboxylic acids is 1. The van der Waals surface area contributed by atoms with Crippen LogP contribution in [0.3, 0.4) is 0 Å². The van der Waals surface area contributed by atoms with Crippen molar-refractivity contribution in [3.8, 4) is 0 Å². The number of hydrogen-bond donors (Lipinski definition) is 2. The largest absolute Gasteiger partial charge is 0.382 e. The van der Waals surface area contributed by atoms with Gasteiger partial charge in [0.2, 0.25) is 0 Å². The second-order valence-electron chi connectivity index (χ2n) is 4.17. The minimum atomic E-state index is -0.227. The van der Waals surface area contributed by atoms with Gasteiger partial charge in [-0.3, -0.25) is 4.79 Å². The van der Waals surface area contributed by atoms with Crippen molar-refractivity contribution in [1.29, 1.82) is 0 Å². The molecule has 6 nitrogen and oxygen atoms in total. The highest BCUT2D eigenvalue weighted by Crippen LogP contribution is 1.97. The van der Waals surface area contributed by atoms with Crippen molar-refractivity contribution in [2.24, 2.45) is 0 Å². The normalized spacial score (nSPS) is 10.9. The molecule has 1 aromatic heterocycles. The van der Waals surface area contributed by atoms with Crippen molar-refractivity contribution in [3.63, 3.8) is 0 Å². The lowest BCUT2D eigenvalue weighted by atomic mass is 10.3. The average molecular weight is 237 g/mol. The van der Waals surface area contributed by atoms with E-state index in [-0.39, 0.29) is 11.6 Å². The van der Waals surface area contributed by atoms with Crippen molar-refractivity contribution in [1.82, 2.24) is 20.4 Å². The third-order valence-corrected chi connectivity index (χ3v) is 2.55. The van der Waals surface area contributed by atoms with E-state index in [9.17, 15) is 4.79 Å². The first-order chi connectivity index (χ1) is 8.00. The topological polar surface area (TPSA) is 84.1 Å². The highest BCUT2D eigenvalue weighted by molar-refractivity contribution is 5.92. The Morgan fingerprint density at radius 3 is 2.71 bits per heavy atom. The lowest BCUT2D eigenvalue weighted by molar-refractivity contribution is 0.0942. The van der Waals surface area contributed by atoms with Crippen LogP contribution in [-0.4, -0.2) is 47.2 Å². The van der Waals surface area contributed by atoms with Crippen LogP contribution in [0.2, 0.25) is 0 Å². The van der Waals surface area contributed by atoms with Crippen LogP contribution in [0.5, 0.6) is 0 Å². The molecule has 0 aliphatic rings. The Balaban J connectivity index is 2.37. The van der Waals surface area contributed by atoms with Gasteiger partial charge in [-0.1, -0.05) is 0 Å². The van der Waals surface area contributed by atoms with Gasteiger partial charge in [-0.25, -0.2) is 0 Å². The summed E-state index contributed by atoms with van der Waals surface area (Å²) >= 11 is 0. The molecule has 0 saturated carbocycles. The average Bonchev–Trinajstić information content (AvgIpc) is 2.29. The van der Waals surface area contributed by atoms with Crippen LogP contribution in [0.1, 0.15) is 24.3 Å². The van der Waals surface area contributed by atoms with Crippen LogP contribution >= 0.6 is 0 Å². The molecule has 3 N–H and O–H groups in total. The Morgan fingerprint density at radius 1 is 1.47 bits per heavy atom. The fourth-order valence-corrected chi connectivity index (χ4v) is 1.16. The van der Waals surface area contributed by atoms with Gasteiger partial charge >= 0.3 is 0 Å². The smallest absolute Gasteiger partial charge is 0.271 e. The zero-order chi connectivity index (χ0) is 12.8. The summed E-state index contributed by atoms with van der Waals surface area (Å²) in [5, 5.41) is 10.1. The molecule has 94 valence electrons. The van der Waals surface area contributed by atoms with Crippen molar-refractivity contribution >= 4 is 11.7 Å². The molecule has 0 aliphatic heterocycles. The summed E-state index contributed by atoms with van der Waals surface area (Å²) in [4.78, 5) is 13.8. The Morgan fingerprint density at radius 2 is 2.18 bits per heavy atom. The lowest BCUT2D eigenvalue weighted by Crippen LogP contribution is -2.36. The third-order valence-electron chi connectivity index (χ3n) is 2.55. The summed E-state index contributed by atoms with van der Waals surface area (Å²) in [6.07, 6.45) is 0. The molecule has 0 fully saturated rings. The maximum Gasteiger partial charge on any atom is 0.271 e. The summed E-state index contributed by atoms with van der Waals surface area (Å²) < 4.78 is 0. The molecule has 1 heterocycles. The van der Waals surface area contributed by atoms with Gasteiger partial charge in [0.25, 0.3) is 5.91 Å². The molecule has 0 unspecified atom stereocenters. The van der Waals surface area contributed by atoms with E-state index in [2.05, 4.69) is 34.3 Å². The summed E-state index contributed by atoms with van der Waals surface area (Å²) in [7, 11) is 2.01. The first kappa shape index (κ1) is 13.4. The van der Waals surface area contributed by atoms with Crippen molar-refractivity contribution in [2.75, 3.05) is 25.9 Å². The molecular weight excluding hydrogens is 218 g/mol. The van der Waals surface area contributed by atoms with Crippen LogP contribution in [-0.2, 0) is 0 Å². The SMILES string of the molecule is CC(C)N(C)CCNC(=O)c1ccc(N)nn1. The van der Waals surface area contributed by atoms with Crippen molar-refractivity contribution in [3.05, 3.63) is 17.8 Å². The van der Waals surface area contributed by atoms with Crippen LogP contribution in [0.25, 0.3) is 0 Å². The standard InChI is InChI=1S/C11H19N5O/c1-8(2)16(3)7-6-13-11(17)9-4-5-10(12)15-14-9/h4-5,8H,6-7H2,1-3H3,(H2,12,15)(H,13,17). The van der Waals surface area contributed by atoms with Crippen molar-refractivity contribution in [2.45, 2.75) is 19.9 Å². The van der Waals surface area contributed by atoms with E-state index in [4.69, 9.17) is 5.73 Å². The lowest BCUT2D eigenvalue weighted by Gasteiger charge is -2.20. The van der Waals surface area contributed by atoms with E-state index in [1.807, 2.05) is 7.05 Å². The molecule has 0 atom stereocenters. The van der Waals surface area contributed by atoms with E-state index in [0.717, 1.165) is 6.54 Å². The van der Waals surface area contributed by atoms with Gasteiger partial charge in [0, 0.05) is 19.1 Å². The number of likely N-dealkylation sites (N-methyl/N-ethyl adjacent to an activating group) is 1. The predicted molar refractivity (Wildman–Crippen MR) is 66.5 cm³/mol. The van der Waals surface area contributed by atoms with Crippen LogP contribution in [0, 0.1) is 0 Å². The first-order valence-electron chi connectivity index (χ1n) is 5.58. The molecule has 1 amide bonds. The summed E-state index contributed by atoms with van der Waals surface area (Å²) in [5.74, 6) is 0.0794. The van der Waals surface area contributed by atoms with Gasteiger partial charge in [-0.15, -0.1) is 10.2 Å². The molecule has 6 heteroatoms. The van der Waals surface area contributed by atoms with E-state index < -0.39 is 0 Å². The molecule has 0 saturated heterocycles. The number of aromatic nitrogens is 2. The van der Waals surface area contributed by atoms with Gasteiger partial charge in [-0.2, -0.15) is 0 Å². The van der Waals surface area contributed by atoms with Crippen LogP contribution in [0.4, 0.5) is 5.82 Å². The summed E-state index contributed by atoms with van der Waals surface area (Å²) in [6.45, 7) is 5.59. The van der Waals surface area contributed by atoms with Crippen LogP contribution < -0.4 is 11.1 Å². The Kier molecular flexibility index (Phi) is 4.84. The highest BCUT2D eigenvalue weighted by atomic mass is 16.1. The van der Waals surface area contributed by atoms with E-state index in [0.29, 0.717) is 18.4 Å². The van der Waals surface area contributed by atoms with Crippen LogP contribution in [0.15, 0.2) is 12.1 Å². The third kappa shape index (κ3) is 4.36. The number of rotatable bonds is 5. The minimum absolute atomic E-state index is 0.227. The Labute approximate surface area is 101 Å². The number of hydrogen-bond acceptors (Lipinski definition) is 5. The molecule has 0 spiro atoms. The zero-order valence-electron chi connectivity index (χ0n) is 10.5. The molecule has 1 aromatic rings. The molecule has 0 radical (unpaired) electrons. The van der Waals surface area contributed by atoms with Gasteiger partial charge in [-0.05, 0) is 33.0 Å². The van der Waals surface area contributed by atoms with Crippen molar-refractivity contribution < 1.29 is 4.79 Å². The van der Waals surface area contributed by atoms with E-state index in [1.165, 1.54) is 0 Å².